The molecule has 7 heteroatoms. The lowest BCUT2D eigenvalue weighted by molar-refractivity contribution is 0.0997. The topological polar surface area (TPSA) is 83.0 Å². The van der Waals surface area contributed by atoms with Gasteiger partial charge in [-0.25, -0.2) is 0 Å². The molecule has 0 saturated heterocycles. The summed E-state index contributed by atoms with van der Waals surface area (Å²) in [6.45, 7) is 0.454. The fourth-order valence-corrected chi connectivity index (χ4v) is 2.38. The molecule has 0 atom stereocenters. The lowest BCUT2D eigenvalue weighted by Crippen LogP contribution is -2.11. The van der Waals surface area contributed by atoms with E-state index in [9.17, 15) is 4.79 Å². The van der Waals surface area contributed by atoms with Gasteiger partial charge < -0.3 is 10.5 Å². The van der Waals surface area contributed by atoms with Gasteiger partial charge in [-0.05, 0) is 23.8 Å². The molecular formula is C15H13ClN4O2. The SMILES string of the molecule is COc1nn(Cc2cnc3cc(Cl)ccc3c2)cc1C(N)=O. The molecular weight excluding hydrogens is 304 g/mol. The largest absolute Gasteiger partial charge is 0.479 e. The lowest BCUT2D eigenvalue weighted by atomic mass is 10.1. The van der Waals surface area contributed by atoms with Crippen LogP contribution in [0.15, 0.2) is 36.7 Å². The van der Waals surface area contributed by atoms with E-state index in [0.717, 1.165) is 16.5 Å². The Kier molecular flexibility index (Phi) is 3.68. The zero-order valence-electron chi connectivity index (χ0n) is 11.8. The number of pyridine rings is 1. The highest BCUT2D eigenvalue weighted by Crippen LogP contribution is 2.20. The number of aromatic nitrogens is 3. The van der Waals surface area contributed by atoms with E-state index in [2.05, 4.69) is 10.1 Å². The first-order valence-electron chi connectivity index (χ1n) is 6.52. The number of hydrogen-bond acceptors (Lipinski definition) is 4. The molecule has 0 saturated carbocycles. The summed E-state index contributed by atoms with van der Waals surface area (Å²) >= 11 is 5.94. The predicted molar refractivity (Wildman–Crippen MR) is 83.2 cm³/mol. The van der Waals surface area contributed by atoms with Gasteiger partial charge in [0.05, 0.1) is 19.2 Å². The number of fused-ring (bicyclic) bond motifs is 1. The number of hydrogen-bond donors (Lipinski definition) is 1. The Hall–Kier alpha value is -2.60. The third-order valence-corrected chi connectivity index (χ3v) is 3.47. The summed E-state index contributed by atoms with van der Waals surface area (Å²) in [5.74, 6) is -0.359. The van der Waals surface area contributed by atoms with Crippen LogP contribution in [0.2, 0.25) is 5.02 Å². The van der Waals surface area contributed by atoms with Crippen molar-refractivity contribution in [2.45, 2.75) is 6.54 Å². The van der Waals surface area contributed by atoms with Crippen LogP contribution in [0.25, 0.3) is 10.9 Å². The number of benzene rings is 1. The third-order valence-electron chi connectivity index (χ3n) is 3.23. The van der Waals surface area contributed by atoms with E-state index in [1.807, 2.05) is 24.3 Å². The van der Waals surface area contributed by atoms with Gasteiger partial charge in [-0.15, -0.1) is 5.10 Å². The number of halogens is 1. The monoisotopic (exact) mass is 316 g/mol. The Bertz CT molecular complexity index is 860. The smallest absolute Gasteiger partial charge is 0.255 e. The molecule has 2 aromatic heterocycles. The van der Waals surface area contributed by atoms with E-state index in [4.69, 9.17) is 22.1 Å². The number of carbonyl (C=O) groups is 1. The van der Waals surface area contributed by atoms with Gasteiger partial charge in [0.2, 0.25) is 5.88 Å². The molecule has 0 fully saturated rings. The summed E-state index contributed by atoms with van der Waals surface area (Å²) in [5, 5.41) is 5.82. The second kappa shape index (κ2) is 5.65. The van der Waals surface area contributed by atoms with Crippen molar-refractivity contribution < 1.29 is 9.53 Å². The molecule has 1 aromatic carbocycles. The van der Waals surface area contributed by atoms with Crippen molar-refractivity contribution in [1.29, 1.82) is 0 Å². The Morgan fingerprint density at radius 3 is 2.91 bits per heavy atom. The summed E-state index contributed by atoms with van der Waals surface area (Å²) in [6, 6.07) is 7.53. The first-order chi connectivity index (χ1) is 10.6. The fraction of sp³-hybridized carbons (Fsp3) is 0.133. The van der Waals surface area contributed by atoms with Gasteiger partial charge in [0.25, 0.3) is 5.91 Å². The third kappa shape index (κ3) is 2.73. The van der Waals surface area contributed by atoms with Crippen molar-refractivity contribution in [1.82, 2.24) is 14.8 Å². The number of amides is 1. The molecule has 2 heterocycles. The summed E-state index contributed by atoms with van der Waals surface area (Å²) in [4.78, 5) is 15.7. The van der Waals surface area contributed by atoms with Crippen LogP contribution in [0.4, 0.5) is 0 Å². The number of ether oxygens (including phenoxy) is 1. The molecule has 22 heavy (non-hydrogen) atoms. The van der Waals surface area contributed by atoms with Crippen LogP contribution in [0.5, 0.6) is 5.88 Å². The van der Waals surface area contributed by atoms with Crippen LogP contribution < -0.4 is 10.5 Å². The van der Waals surface area contributed by atoms with Crippen molar-refractivity contribution in [3.8, 4) is 5.88 Å². The van der Waals surface area contributed by atoms with Gasteiger partial charge in [0.15, 0.2) is 0 Å². The van der Waals surface area contributed by atoms with Crippen molar-refractivity contribution in [3.05, 3.63) is 52.8 Å². The van der Waals surface area contributed by atoms with Crippen molar-refractivity contribution in [2.24, 2.45) is 5.73 Å². The first-order valence-corrected chi connectivity index (χ1v) is 6.90. The second-order valence-corrected chi connectivity index (χ2v) is 5.23. The van der Waals surface area contributed by atoms with E-state index in [1.165, 1.54) is 7.11 Å². The number of methoxy groups -OCH3 is 1. The molecule has 0 aliphatic carbocycles. The molecule has 0 unspecified atom stereocenters. The molecule has 0 spiro atoms. The van der Waals surface area contributed by atoms with Crippen molar-refractivity contribution >= 4 is 28.4 Å². The van der Waals surface area contributed by atoms with Gasteiger partial charge in [0.1, 0.15) is 5.56 Å². The zero-order valence-corrected chi connectivity index (χ0v) is 12.5. The van der Waals surface area contributed by atoms with E-state index in [0.29, 0.717) is 11.6 Å². The maximum absolute atomic E-state index is 11.3. The first kappa shape index (κ1) is 14.3. The minimum atomic E-state index is -0.575. The van der Waals surface area contributed by atoms with Crippen LogP contribution in [0.1, 0.15) is 15.9 Å². The molecule has 112 valence electrons. The number of rotatable bonds is 4. The minimum Gasteiger partial charge on any atom is -0.479 e. The maximum Gasteiger partial charge on any atom is 0.255 e. The molecule has 1 amide bonds. The fourth-order valence-electron chi connectivity index (χ4n) is 2.22. The van der Waals surface area contributed by atoms with Gasteiger partial charge >= 0.3 is 0 Å². The minimum absolute atomic E-state index is 0.216. The van der Waals surface area contributed by atoms with E-state index in [1.54, 1.807) is 17.1 Å². The number of nitrogens with zero attached hydrogens (tertiary/aromatic N) is 3. The summed E-state index contributed by atoms with van der Waals surface area (Å²) in [7, 11) is 1.44. The zero-order chi connectivity index (χ0) is 15.7. The van der Waals surface area contributed by atoms with Gasteiger partial charge in [0, 0.05) is 22.8 Å². The van der Waals surface area contributed by atoms with Gasteiger partial charge in [-0.3, -0.25) is 14.5 Å². The summed E-state index contributed by atoms with van der Waals surface area (Å²) in [5.41, 5.74) is 7.31. The van der Waals surface area contributed by atoms with Crippen LogP contribution >= 0.6 is 11.6 Å². The van der Waals surface area contributed by atoms with E-state index < -0.39 is 5.91 Å². The Balaban J connectivity index is 1.92. The Morgan fingerprint density at radius 1 is 1.41 bits per heavy atom. The molecule has 2 N–H and O–H groups in total. The van der Waals surface area contributed by atoms with Crippen LogP contribution in [-0.2, 0) is 6.54 Å². The summed E-state index contributed by atoms with van der Waals surface area (Å²) in [6.07, 6.45) is 3.31. The molecule has 3 aromatic rings. The molecule has 3 rings (SSSR count). The highest BCUT2D eigenvalue weighted by atomic mass is 35.5. The van der Waals surface area contributed by atoms with E-state index in [-0.39, 0.29) is 11.4 Å². The number of nitrogens with two attached hydrogens (primary N) is 1. The molecule has 0 bridgehead atoms. The van der Waals surface area contributed by atoms with Gasteiger partial charge in [-0.1, -0.05) is 17.7 Å². The molecule has 0 radical (unpaired) electrons. The lowest BCUT2D eigenvalue weighted by Gasteiger charge is -2.04. The Labute approximate surface area is 131 Å². The molecule has 0 aliphatic heterocycles. The highest BCUT2D eigenvalue weighted by Gasteiger charge is 2.14. The average molecular weight is 317 g/mol. The summed E-state index contributed by atoms with van der Waals surface area (Å²) < 4.78 is 6.64. The Morgan fingerprint density at radius 2 is 2.23 bits per heavy atom. The predicted octanol–water partition coefficient (Wildman–Crippen LogP) is 2.24. The number of carbonyl (C=O) groups excluding carboxylic acids is 1. The molecule has 0 aliphatic rings. The van der Waals surface area contributed by atoms with Crippen molar-refractivity contribution in [3.63, 3.8) is 0 Å². The van der Waals surface area contributed by atoms with E-state index >= 15 is 0 Å². The number of primary amides is 1. The van der Waals surface area contributed by atoms with Crippen molar-refractivity contribution in [2.75, 3.05) is 7.11 Å². The van der Waals surface area contributed by atoms with Crippen LogP contribution in [-0.4, -0.2) is 27.8 Å². The average Bonchev–Trinajstić information content (AvgIpc) is 2.90. The normalized spacial score (nSPS) is 10.8. The van der Waals surface area contributed by atoms with Crippen LogP contribution in [0.3, 0.4) is 0 Å². The maximum atomic E-state index is 11.3. The molecule has 6 nitrogen and oxygen atoms in total. The van der Waals surface area contributed by atoms with Crippen LogP contribution in [0, 0.1) is 0 Å². The second-order valence-electron chi connectivity index (χ2n) is 4.79. The van der Waals surface area contributed by atoms with Gasteiger partial charge in [-0.2, -0.15) is 0 Å². The highest BCUT2D eigenvalue weighted by molar-refractivity contribution is 6.31. The quantitative estimate of drug-likeness (QED) is 0.800. The standard InChI is InChI=1S/C15H13ClN4O2/c1-22-15-12(14(17)21)8-20(19-15)7-9-4-10-2-3-11(16)5-13(10)18-6-9/h2-6,8H,7H2,1H3,(H2,17,21).